The highest BCUT2D eigenvalue weighted by atomic mass is 16.5. The lowest BCUT2D eigenvalue weighted by atomic mass is 10.4. The van der Waals surface area contributed by atoms with E-state index in [4.69, 9.17) is 9.47 Å². The molecule has 1 aromatic heterocycles. The number of hydrogen-bond acceptors (Lipinski definition) is 6. The van der Waals surface area contributed by atoms with E-state index in [1.165, 1.54) is 6.33 Å². The summed E-state index contributed by atoms with van der Waals surface area (Å²) in [5, 5.41) is 6.17. The highest BCUT2D eigenvalue weighted by Crippen LogP contribution is 2.07. The van der Waals surface area contributed by atoms with Crippen LogP contribution in [-0.2, 0) is 9.47 Å². The summed E-state index contributed by atoms with van der Waals surface area (Å²) in [6.45, 7) is 2.84. The molecule has 96 valence electrons. The van der Waals surface area contributed by atoms with Gasteiger partial charge in [-0.15, -0.1) is 0 Å². The van der Waals surface area contributed by atoms with Gasteiger partial charge in [-0.3, -0.25) is 0 Å². The van der Waals surface area contributed by atoms with Crippen LogP contribution in [0.3, 0.4) is 0 Å². The molecule has 1 heterocycles. The van der Waals surface area contributed by atoms with Crippen molar-refractivity contribution in [3.63, 3.8) is 0 Å². The van der Waals surface area contributed by atoms with E-state index in [0.29, 0.717) is 13.2 Å². The molecule has 0 amide bonds. The highest BCUT2D eigenvalue weighted by Gasteiger charge is 1.96. The Morgan fingerprint density at radius 1 is 1.18 bits per heavy atom. The van der Waals surface area contributed by atoms with Gasteiger partial charge in [0, 0.05) is 33.4 Å². The Kier molecular flexibility index (Phi) is 7.01. The lowest BCUT2D eigenvalue weighted by molar-refractivity contribution is 0.0705. The maximum absolute atomic E-state index is 5.35. The quantitative estimate of drug-likeness (QED) is 0.627. The normalized spacial score (nSPS) is 10.2. The van der Waals surface area contributed by atoms with Gasteiger partial charge in [0.05, 0.1) is 13.2 Å². The second-order valence-electron chi connectivity index (χ2n) is 3.42. The minimum Gasteiger partial charge on any atom is -0.382 e. The fourth-order valence-corrected chi connectivity index (χ4v) is 1.23. The fourth-order valence-electron chi connectivity index (χ4n) is 1.23. The molecule has 0 atom stereocenters. The molecule has 0 fully saturated rings. The van der Waals surface area contributed by atoms with Crippen LogP contribution in [0.4, 0.5) is 11.6 Å². The van der Waals surface area contributed by atoms with Crippen molar-refractivity contribution in [3.8, 4) is 0 Å². The smallest absolute Gasteiger partial charge is 0.131 e. The van der Waals surface area contributed by atoms with E-state index in [-0.39, 0.29) is 0 Å². The molecule has 0 bridgehead atoms. The first-order valence-corrected chi connectivity index (χ1v) is 5.67. The third kappa shape index (κ3) is 6.03. The van der Waals surface area contributed by atoms with E-state index >= 15 is 0 Å². The average molecular weight is 240 g/mol. The van der Waals surface area contributed by atoms with Crippen molar-refractivity contribution in [2.24, 2.45) is 0 Å². The van der Waals surface area contributed by atoms with Gasteiger partial charge in [-0.1, -0.05) is 0 Å². The van der Waals surface area contributed by atoms with Gasteiger partial charge in [-0.25, -0.2) is 9.97 Å². The van der Waals surface area contributed by atoms with Gasteiger partial charge >= 0.3 is 0 Å². The summed E-state index contributed by atoms with van der Waals surface area (Å²) in [5.74, 6) is 1.63. The van der Waals surface area contributed by atoms with Crippen molar-refractivity contribution in [2.45, 2.75) is 6.42 Å². The number of nitrogens with one attached hydrogen (secondary N) is 2. The van der Waals surface area contributed by atoms with Crippen molar-refractivity contribution in [1.82, 2.24) is 9.97 Å². The van der Waals surface area contributed by atoms with Crippen LogP contribution < -0.4 is 10.6 Å². The molecule has 1 rings (SSSR count). The highest BCUT2D eigenvalue weighted by molar-refractivity contribution is 5.45. The maximum Gasteiger partial charge on any atom is 0.131 e. The first-order chi connectivity index (χ1) is 8.36. The number of nitrogens with zero attached hydrogens (tertiary/aromatic N) is 2. The molecular formula is C11H20N4O2. The molecule has 0 saturated carbocycles. The van der Waals surface area contributed by atoms with Crippen LogP contribution in [0.15, 0.2) is 12.4 Å². The standard InChI is InChI=1S/C11H20N4O2/c1-12-10-8-11(15-9-14-10)13-4-3-5-17-7-6-16-2/h8-9H,3-7H2,1-2H3,(H2,12,13,14,15). The van der Waals surface area contributed by atoms with Crippen molar-refractivity contribution >= 4 is 11.6 Å². The van der Waals surface area contributed by atoms with Gasteiger partial charge in [0.15, 0.2) is 0 Å². The summed E-state index contributed by atoms with van der Waals surface area (Å²) >= 11 is 0. The Balaban J connectivity index is 2.09. The van der Waals surface area contributed by atoms with E-state index in [1.54, 1.807) is 7.11 Å². The Bertz CT molecular complexity index is 309. The van der Waals surface area contributed by atoms with Crippen molar-refractivity contribution in [3.05, 3.63) is 12.4 Å². The summed E-state index contributed by atoms with van der Waals surface area (Å²) in [4.78, 5) is 8.15. The number of anilines is 2. The zero-order valence-corrected chi connectivity index (χ0v) is 10.4. The van der Waals surface area contributed by atoms with Crippen LogP contribution in [0.1, 0.15) is 6.42 Å². The number of aromatic nitrogens is 2. The van der Waals surface area contributed by atoms with Gasteiger partial charge in [0.1, 0.15) is 18.0 Å². The number of rotatable bonds is 9. The molecule has 0 aliphatic carbocycles. The summed E-state index contributed by atoms with van der Waals surface area (Å²) in [7, 11) is 3.50. The Hall–Kier alpha value is -1.40. The molecule has 0 radical (unpaired) electrons. The van der Waals surface area contributed by atoms with E-state index < -0.39 is 0 Å². The average Bonchev–Trinajstić information content (AvgIpc) is 2.38. The maximum atomic E-state index is 5.35. The molecule has 1 aromatic rings. The predicted molar refractivity (Wildman–Crippen MR) is 67.4 cm³/mol. The molecule has 2 N–H and O–H groups in total. The monoisotopic (exact) mass is 240 g/mol. The molecule has 0 aromatic carbocycles. The van der Waals surface area contributed by atoms with E-state index in [1.807, 2.05) is 13.1 Å². The molecule has 6 nitrogen and oxygen atoms in total. The first-order valence-electron chi connectivity index (χ1n) is 5.67. The second-order valence-corrected chi connectivity index (χ2v) is 3.42. The summed E-state index contributed by atoms with van der Waals surface area (Å²) in [6.07, 6.45) is 2.46. The fraction of sp³-hybridized carbons (Fsp3) is 0.636. The van der Waals surface area contributed by atoms with Crippen molar-refractivity contribution in [1.29, 1.82) is 0 Å². The van der Waals surface area contributed by atoms with Gasteiger partial charge < -0.3 is 20.1 Å². The topological polar surface area (TPSA) is 68.3 Å². The lowest BCUT2D eigenvalue weighted by Crippen LogP contribution is -2.09. The number of ether oxygens (including phenoxy) is 2. The van der Waals surface area contributed by atoms with Crippen LogP contribution in [0.25, 0.3) is 0 Å². The second kappa shape index (κ2) is 8.72. The van der Waals surface area contributed by atoms with E-state index in [0.717, 1.165) is 31.2 Å². The van der Waals surface area contributed by atoms with Gasteiger partial charge in [-0.05, 0) is 6.42 Å². The predicted octanol–water partition coefficient (Wildman–Crippen LogP) is 0.983. The molecular weight excluding hydrogens is 220 g/mol. The molecule has 0 saturated heterocycles. The lowest BCUT2D eigenvalue weighted by Gasteiger charge is -2.07. The van der Waals surface area contributed by atoms with E-state index in [2.05, 4.69) is 20.6 Å². The van der Waals surface area contributed by atoms with Crippen LogP contribution in [0, 0.1) is 0 Å². The third-order valence-electron chi connectivity index (χ3n) is 2.13. The largest absolute Gasteiger partial charge is 0.382 e. The van der Waals surface area contributed by atoms with Crippen LogP contribution in [0.5, 0.6) is 0 Å². The zero-order valence-electron chi connectivity index (χ0n) is 10.4. The van der Waals surface area contributed by atoms with Crippen LogP contribution in [-0.4, -0.2) is 50.5 Å². The summed E-state index contributed by atoms with van der Waals surface area (Å²) < 4.78 is 10.2. The van der Waals surface area contributed by atoms with E-state index in [9.17, 15) is 0 Å². The summed E-state index contributed by atoms with van der Waals surface area (Å²) in [6, 6.07) is 1.87. The minimum atomic E-state index is 0.644. The molecule has 17 heavy (non-hydrogen) atoms. The molecule has 6 heteroatoms. The zero-order chi connectivity index (χ0) is 12.3. The molecule has 0 aliphatic rings. The minimum absolute atomic E-state index is 0.644. The molecule has 0 spiro atoms. The molecule has 0 aliphatic heterocycles. The van der Waals surface area contributed by atoms with Crippen LogP contribution in [0.2, 0.25) is 0 Å². The SMILES string of the molecule is CNc1cc(NCCCOCCOC)ncn1. The number of hydrogen-bond donors (Lipinski definition) is 2. The number of methoxy groups -OCH3 is 1. The van der Waals surface area contributed by atoms with Gasteiger partial charge in [0.25, 0.3) is 0 Å². The van der Waals surface area contributed by atoms with Crippen molar-refractivity contribution < 1.29 is 9.47 Å². The first kappa shape index (κ1) is 13.7. The van der Waals surface area contributed by atoms with Crippen molar-refractivity contribution in [2.75, 3.05) is 51.2 Å². The molecule has 0 unspecified atom stereocenters. The van der Waals surface area contributed by atoms with Gasteiger partial charge in [-0.2, -0.15) is 0 Å². The van der Waals surface area contributed by atoms with Crippen LogP contribution >= 0.6 is 0 Å². The van der Waals surface area contributed by atoms with Gasteiger partial charge in [0.2, 0.25) is 0 Å². The Morgan fingerprint density at radius 3 is 2.76 bits per heavy atom. The summed E-state index contributed by atoms with van der Waals surface area (Å²) in [5.41, 5.74) is 0. The Morgan fingerprint density at radius 2 is 2.00 bits per heavy atom. The Labute approximate surface area is 102 Å². The third-order valence-corrected chi connectivity index (χ3v) is 2.13.